The number of hydrogen-bond donors (Lipinski definition) is 0. The van der Waals surface area contributed by atoms with Crippen LogP contribution in [0.4, 0.5) is 14.6 Å². The van der Waals surface area contributed by atoms with Crippen molar-refractivity contribution in [2.24, 2.45) is 0 Å². The van der Waals surface area contributed by atoms with Gasteiger partial charge in [-0.2, -0.15) is 8.78 Å². The molecule has 7 nitrogen and oxygen atoms in total. The Morgan fingerprint density at radius 2 is 1.70 bits per heavy atom. The molecule has 0 amide bonds. The third-order valence-electron chi connectivity index (χ3n) is 4.34. The summed E-state index contributed by atoms with van der Waals surface area (Å²) in [6.07, 6.45) is 0. The molecule has 0 aliphatic carbocycles. The molecular weight excluding hydrogens is 416 g/mol. The van der Waals surface area contributed by atoms with Crippen LogP contribution in [0, 0.1) is 18.8 Å². The highest BCUT2D eigenvalue weighted by Gasteiger charge is 2.29. The lowest BCUT2D eigenvalue weighted by atomic mass is 10.2. The first-order chi connectivity index (χ1) is 14.3. The third kappa shape index (κ3) is 4.33. The van der Waals surface area contributed by atoms with Crippen LogP contribution in [0.3, 0.4) is 0 Å². The average Bonchev–Trinajstić information content (AvgIpc) is 2.71. The zero-order valence-corrected chi connectivity index (χ0v) is 17.3. The summed E-state index contributed by atoms with van der Waals surface area (Å²) < 4.78 is 65.5. The van der Waals surface area contributed by atoms with Crippen LogP contribution in [-0.2, 0) is 16.6 Å². The number of aromatic nitrogens is 2. The highest BCUT2D eigenvalue weighted by molar-refractivity contribution is 7.92. The molecule has 0 fully saturated rings. The van der Waals surface area contributed by atoms with Crippen molar-refractivity contribution in [1.82, 2.24) is 9.97 Å². The fraction of sp³-hybridized carbons (Fsp3) is 0.200. The number of sulfonamides is 1. The summed E-state index contributed by atoms with van der Waals surface area (Å²) in [6, 6.07) is 10.8. The number of halogens is 2. The van der Waals surface area contributed by atoms with E-state index in [4.69, 9.17) is 9.47 Å². The molecule has 0 aliphatic heterocycles. The van der Waals surface area contributed by atoms with Gasteiger partial charge in [-0.05, 0) is 43.3 Å². The van der Waals surface area contributed by atoms with Gasteiger partial charge in [0, 0.05) is 11.6 Å². The van der Waals surface area contributed by atoms with Gasteiger partial charge < -0.3 is 9.47 Å². The minimum Gasteiger partial charge on any atom is -0.497 e. The second-order valence-electron chi connectivity index (χ2n) is 6.23. The minimum atomic E-state index is -4.27. The van der Waals surface area contributed by atoms with Gasteiger partial charge in [0.15, 0.2) is 0 Å². The van der Waals surface area contributed by atoms with Crippen LogP contribution >= 0.6 is 0 Å². The molecule has 0 spiro atoms. The van der Waals surface area contributed by atoms with Crippen molar-refractivity contribution in [3.63, 3.8) is 0 Å². The first-order valence-electron chi connectivity index (χ1n) is 8.75. The van der Waals surface area contributed by atoms with Crippen LogP contribution in [0.15, 0.2) is 53.4 Å². The fourth-order valence-corrected chi connectivity index (χ4v) is 4.43. The van der Waals surface area contributed by atoms with Crippen molar-refractivity contribution < 1.29 is 26.7 Å². The molecule has 3 rings (SSSR count). The second kappa shape index (κ2) is 8.62. The lowest BCUT2D eigenvalue weighted by molar-refractivity contribution is 0.391. The number of benzene rings is 1. The molecule has 3 aromatic rings. The van der Waals surface area contributed by atoms with Gasteiger partial charge in [0.2, 0.25) is 11.9 Å². The van der Waals surface area contributed by atoms with E-state index in [1.54, 1.807) is 18.2 Å². The summed E-state index contributed by atoms with van der Waals surface area (Å²) in [5.74, 6) is -0.897. The van der Waals surface area contributed by atoms with Crippen LogP contribution in [0.1, 0.15) is 11.3 Å². The van der Waals surface area contributed by atoms with Gasteiger partial charge in [-0.25, -0.2) is 22.7 Å². The van der Waals surface area contributed by atoms with E-state index in [0.717, 1.165) is 22.5 Å². The standard InChI is InChI=1S/C20H19F2N3O4S/c1-13-17(9-10-19(22)23-13)30(26,27)25(20-6-4-5-18(21)24-20)12-14-7-8-15(28-2)11-16(14)29-3/h4-11H,12H2,1-3H3. The summed E-state index contributed by atoms with van der Waals surface area (Å²) in [4.78, 5) is 7.09. The third-order valence-corrected chi connectivity index (χ3v) is 6.22. The summed E-state index contributed by atoms with van der Waals surface area (Å²) in [6.45, 7) is 1.16. The molecule has 10 heteroatoms. The Bertz CT molecular complexity index is 1170. The van der Waals surface area contributed by atoms with Crippen molar-refractivity contribution in [3.05, 3.63) is 71.7 Å². The largest absolute Gasteiger partial charge is 0.497 e. The average molecular weight is 435 g/mol. The van der Waals surface area contributed by atoms with Crippen LogP contribution in [0.2, 0.25) is 0 Å². The molecule has 2 heterocycles. The van der Waals surface area contributed by atoms with Crippen molar-refractivity contribution in [2.45, 2.75) is 18.4 Å². The van der Waals surface area contributed by atoms with E-state index in [-0.39, 0.29) is 23.0 Å². The quantitative estimate of drug-likeness (QED) is 0.529. The van der Waals surface area contributed by atoms with Crippen molar-refractivity contribution in [1.29, 1.82) is 0 Å². The summed E-state index contributed by atoms with van der Waals surface area (Å²) >= 11 is 0. The lowest BCUT2D eigenvalue weighted by Crippen LogP contribution is -2.32. The zero-order chi connectivity index (χ0) is 21.9. The van der Waals surface area contributed by atoms with Crippen molar-refractivity contribution >= 4 is 15.8 Å². The number of hydrogen-bond acceptors (Lipinski definition) is 6. The Balaban J connectivity index is 2.15. The normalized spacial score (nSPS) is 11.2. The van der Waals surface area contributed by atoms with Gasteiger partial charge in [-0.1, -0.05) is 6.07 Å². The predicted molar refractivity (Wildman–Crippen MR) is 106 cm³/mol. The lowest BCUT2D eigenvalue weighted by Gasteiger charge is -2.25. The smallest absolute Gasteiger partial charge is 0.267 e. The molecule has 0 aliphatic rings. The SMILES string of the molecule is COc1ccc(CN(c2cccc(F)n2)S(=O)(=O)c2ccc(F)nc2C)c(OC)c1. The van der Waals surface area contributed by atoms with Crippen molar-refractivity contribution in [3.8, 4) is 11.5 Å². The van der Waals surface area contributed by atoms with Gasteiger partial charge in [-0.15, -0.1) is 0 Å². The van der Waals surface area contributed by atoms with Crippen LogP contribution in [0.25, 0.3) is 0 Å². The minimum absolute atomic E-state index is 0.0295. The first-order valence-corrected chi connectivity index (χ1v) is 10.2. The molecule has 2 aromatic heterocycles. The number of aryl methyl sites for hydroxylation is 1. The van der Waals surface area contributed by atoms with E-state index >= 15 is 0 Å². The number of methoxy groups -OCH3 is 2. The first kappa shape index (κ1) is 21.4. The maximum atomic E-state index is 13.8. The van der Waals surface area contributed by atoms with Gasteiger partial charge >= 0.3 is 0 Å². The molecule has 0 N–H and O–H groups in total. The molecule has 0 saturated carbocycles. The molecule has 0 saturated heterocycles. The van der Waals surface area contributed by atoms with Crippen LogP contribution in [-0.4, -0.2) is 32.6 Å². The highest BCUT2D eigenvalue weighted by atomic mass is 32.2. The summed E-state index contributed by atoms with van der Waals surface area (Å²) in [5.41, 5.74) is 0.457. The molecular formula is C20H19F2N3O4S. The number of pyridine rings is 2. The Hall–Kier alpha value is -3.27. The van der Waals surface area contributed by atoms with Gasteiger partial charge in [0.05, 0.1) is 26.5 Å². The number of nitrogens with zero attached hydrogens (tertiary/aromatic N) is 3. The van der Waals surface area contributed by atoms with E-state index in [2.05, 4.69) is 9.97 Å². The van der Waals surface area contributed by atoms with Gasteiger partial charge in [0.1, 0.15) is 22.2 Å². The van der Waals surface area contributed by atoms with E-state index in [1.165, 1.54) is 33.3 Å². The van der Waals surface area contributed by atoms with Crippen LogP contribution in [0.5, 0.6) is 11.5 Å². The molecule has 0 unspecified atom stereocenters. The van der Waals surface area contributed by atoms with Crippen LogP contribution < -0.4 is 13.8 Å². The molecule has 30 heavy (non-hydrogen) atoms. The maximum absolute atomic E-state index is 13.8. The molecule has 158 valence electrons. The fourth-order valence-electron chi connectivity index (χ4n) is 2.87. The number of ether oxygens (including phenoxy) is 2. The zero-order valence-electron chi connectivity index (χ0n) is 16.5. The van der Waals surface area contributed by atoms with Gasteiger partial charge in [-0.3, -0.25) is 0 Å². The van der Waals surface area contributed by atoms with E-state index in [9.17, 15) is 17.2 Å². The van der Waals surface area contributed by atoms with E-state index in [0.29, 0.717) is 17.1 Å². The number of rotatable bonds is 7. The summed E-state index contributed by atoms with van der Waals surface area (Å²) in [7, 11) is -1.34. The second-order valence-corrected chi connectivity index (χ2v) is 8.06. The van der Waals surface area contributed by atoms with Gasteiger partial charge in [0.25, 0.3) is 10.0 Å². The molecule has 0 atom stereocenters. The molecule has 0 radical (unpaired) electrons. The number of anilines is 1. The Morgan fingerprint density at radius 1 is 0.967 bits per heavy atom. The molecule has 1 aromatic carbocycles. The predicted octanol–water partition coefficient (Wildman–Crippen LogP) is 3.48. The highest BCUT2D eigenvalue weighted by Crippen LogP contribution is 2.31. The summed E-state index contributed by atoms with van der Waals surface area (Å²) in [5, 5.41) is 0. The Morgan fingerprint density at radius 3 is 2.33 bits per heavy atom. The van der Waals surface area contributed by atoms with E-state index < -0.39 is 21.9 Å². The monoisotopic (exact) mass is 435 g/mol. The topological polar surface area (TPSA) is 81.6 Å². The maximum Gasteiger partial charge on any atom is 0.267 e. The Labute approximate surface area is 173 Å². The van der Waals surface area contributed by atoms with E-state index in [1.807, 2.05) is 0 Å². The Kier molecular flexibility index (Phi) is 6.16. The molecule has 0 bridgehead atoms. The van der Waals surface area contributed by atoms with Crippen molar-refractivity contribution in [2.75, 3.05) is 18.5 Å².